The standard InChI is InChI=1S/C20H23FN2O2/c21-16-8-10-17(11-9-16)23-19-5-2-1-4-18(19)20(24)22-12-3-13-25-14-15-6-7-15/h1-2,4-5,8-11,15,23H,3,6-7,12-14H2,(H,22,24). The van der Waals surface area contributed by atoms with Gasteiger partial charge in [0.1, 0.15) is 5.82 Å². The summed E-state index contributed by atoms with van der Waals surface area (Å²) >= 11 is 0. The predicted octanol–water partition coefficient (Wildman–Crippen LogP) is 4.12. The van der Waals surface area contributed by atoms with Crippen LogP contribution in [0.3, 0.4) is 0 Å². The van der Waals surface area contributed by atoms with Gasteiger partial charge in [-0.25, -0.2) is 4.39 Å². The van der Waals surface area contributed by atoms with Crippen LogP contribution < -0.4 is 10.6 Å². The molecular weight excluding hydrogens is 319 g/mol. The fourth-order valence-corrected chi connectivity index (χ4v) is 2.48. The molecule has 0 aliphatic heterocycles. The van der Waals surface area contributed by atoms with Gasteiger partial charge in [0.2, 0.25) is 0 Å². The third-order valence-corrected chi connectivity index (χ3v) is 4.10. The number of benzene rings is 2. The summed E-state index contributed by atoms with van der Waals surface area (Å²) in [6.07, 6.45) is 3.37. The molecule has 0 bridgehead atoms. The molecule has 1 saturated carbocycles. The normalized spacial score (nSPS) is 13.5. The van der Waals surface area contributed by atoms with Crippen molar-refractivity contribution in [1.29, 1.82) is 0 Å². The molecule has 0 atom stereocenters. The average Bonchev–Trinajstić information content (AvgIpc) is 3.44. The van der Waals surface area contributed by atoms with Gasteiger partial charge in [-0.1, -0.05) is 12.1 Å². The molecule has 0 radical (unpaired) electrons. The van der Waals surface area contributed by atoms with Gasteiger partial charge in [-0.15, -0.1) is 0 Å². The fourth-order valence-electron chi connectivity index (χ4n) is 2.48. The molecule has 5 heteroatoms. The lowest BCUT2D eigenvalue weighted by atomic mass is 10.1. The van der Waals surface area contributed by atoms with E-state index in [4.69, 9.17) is 4.74 Å². The molecule has 1 aliphatic rings. The van der Waals surface area contributed by atoms with Crippen molar-refractivity contribution in [1.82, 2.24) is 5.32 Å². The summed E-state index contributed by atoms with van der Waals surface area (Å²) in [7, 11) is 0. The maximum absolute atomic E-state index is 13.0. The molecule has 0 heterocycles. The number of carbonyl (C=O) groups is 1. The number of hydrogen-bond acceptors (Lipinski definition) is 3. The summed E-state index contributed by atoms with van der Waals surface area (Å²) in [5, 5.41) is 6.08. The first-order valence-corrected chi connectivity index (χ1v) is 8.70. The van der Waals surface area contributed by atoms with Crippen molar-refractivity contribution in [3.63, 3.8) is 0 Å². The molecule has 2 aromatic carbocycles. The van der Waals surface area contributed by atoms with Gasteiger partial charge < -0.3 is 15.4 Å². The topological polar surface area (TPSA) is 50.4 Å². The molecule has 2 N–H and O–H groups in total. The van der Waals surface area contributed by atoms with E-state index in [-0.39, 0.29) is 11.7 Å². The van der Waals surface area contributed by atoms with Crippen LogP contribution in [-0.4, -0.2) is 25.7 Å². The van der Waals surface area contributed by atoms with Crippen LogP contribution in [-0.2, 0) is 4.74 Å². The van der Waals surface area contributed by atoms with Crippen LogP contribution in [0.4, 0.5) is 15.8 Å². The maximum atomic E-state index is 13.0. The third kappa shape index (κ3) is 5.57. The van der Waals surface area contributed by atoms with Crippen LogP contribution in [0.5, 0.6) is 0 Å². The summed E-state index contributed by atoms with van der Waals surface area (Å²) in [6, 6.07) is 13.3. The Kier molecular flexibility index (Phi) is 6.01. The lowest BCUT2D eigenvalue weighted by Gasteiger charge is -2.12. The number of halogens is 1. The molecule has 4 nitrogen and oxygen atoms in total. The van der Waals surface area contributed by atoms with E-state index in [1.807, 2.05) is 18.2 Å². The summed E-state index contributed by atoms with van der Waals surface area (Å²) in [5.41, 5.74) is 1.98. The van der Waals surface area contributed by atoms with Gasteiger partial charge in [-0.3, -0.25) is 4.79 Å². The molecule has 25 heavy (non-hydrogen) atoms. The molecule has 1 aliphatic carbocycles. The highest BCUT2D eigenvalue weighted by Crippen LogP contribution is 2.28. The summed E-state index contributed by atoms with van der Waals surface area (Å²) in [4.78, 5) is 12.4. The largest absolute Gasteiger partial charge is 0.381 e. The second-order valence-corrected chi connectivity index (χ2v) is 6.31. The van der Waals surface area contributed by atoms with E-state index in [0.717, 1.165) is 24.6 Å². The number of nitrogens with one attached hydrogen (secondary N) is 2. The fraction of sp³-hybridized carbons (Fsp3) is 0.350. The Morgan fingerprint density at radius 3 is 2.64 bits per heavy atom. The van der Waals surface area contributed by atoms with Gasteiger partial charge in [-0.05, 0) is 61.6 Å². The predicted molar refractivity (Wildman–Crippen MR) is 96.6 cm³/mol. The summed E-state index contributed by atoms with van der Waals surface area (Å²) in [5.74, 6) is 0.340. The van der Waals surface area contributed by atoms with Crippen LogP contribution in [0.1, 0.15) is 29.6 Å². The second kappa shape index (κ2) is 8.62. The van der Waals surface area contributed by atoms with Crippen molar-refractivity contribution in [3.05, 3.63) is 59.9 Å². The van der Waals surface area contributed by atoms with Crippen molar-refractivity contribution in [2.24, 2.45) is 5.92 Å². The third-order valence-electron chi connectivity index (χ3n) is 4.10. The zero-order valence-corrected chi connectivity index (χ0v) is 14.1. The van der Waals surface area contributed by atoms with E-state index in [1.54, 1.807) is 18.2 Å². The minimum Gasteiger partial charge on any atom is -0.381 e. The zero-order valence-electron chi connectivity index (χ0n) is 14.1. The Morgan fingerprint density at radius 1 is 1.12 bits per heavy atom. The number of anilines is 2. The minimum atomic E-state index is -0.291. The van der Waals surface area contributed by atoms with Crippen molar-refractivity contribution in [2.75, 3.05) is 25.1 Å². The molecule has 0 unspecified atom stereocenters. The minimum absolute atomic E-state index is 0.132. The van der Waals surface area contributed by atoms with Crippen LogP contribution in [0.15, 0.2) is 48.5 Å². The first-order valence-electron chi connectivity index (χ1n) is 8.70. The Bertz CT molecular complexity index is 699. The van der Waals surface area contributed by atoms with E-state index >= 15 is 0 Å². The first-order chi connectivity index (χ1) is 12.2. The Labute approximate surface area is 147 Å². The molecule has 3 rings (SSSR count). The Balaban J connectivity index is 1.50. The van der Waals surface area contributed by atoms with Crippen LogP contribution in [0.2, 0.25) is 0 Å². The molecule has 132 valence electrons. The molecular formula is C20H23FN2O2. The zero-order chi connectivity index (χ0) is 17.5. The van der Waals surface area contributed by atoms with E-state index in [0.29, 0.717) is 24.4 Å². The summed E-state index contributed by atoms with van der Waals surface area (Å²) in [6.45, 7) is 2.10. The van der Waals surface area contributed by atoms with Crippen molar-refractivity contribution < 1.29 is 13.9 Å². The van der Waals surface area contributed by atoms with E-state index in [1.165, 1.54) is 25.0 Å². The molecule has 0 saturated heterocycles. The number of carbonyl (C=O) groups excluding carboxylic acids is 1. The quantitative estimate of drug-likeness (QED) is 0.674. The monoisotopic (exact) mass is 342 g/mol. The molecule has 1 amide bonds. The van der Waals surface area contributed by atoms with Gasteiger partial charge in [0.05, 0.1) is 11.3 Å². The van der Waals surface area contributed by atoms with Gasteiger partial charge in [0.25, 0.3) is 5.91 Å². The van der Waals surface area contributed by atoms with Gasteiger partial charge in [0.15, 0.2) is 0 Å². The SMILES string of the molecule is O=C(NCCCOCC1CC1)c1ccccc1Nc1ccc(F)cc1. The smallest absolute Gasteiger partial charge is 0.253 e. The van der Waals surface area contributed by atoms with Crippen LogP contribution in [0, 0.1) is 11.7 Å². The van der Waals surface area contributed by atoms with Crippen molar-refractivity contribution >= 4 is 17.3 Å². The lowest BCUT2D eigenvalue weighted by Crippen LogP contribution is -2.26. The average molecular weight is 342 g/mol. The van der Waals surface area contributed by atoms with Gasteiger partial charge in [-0.2, -0.15) is 0 Å². The first kappa shape index (κ1) is 17.4. The van der Waals surface area contributed by atoms with Crippen LogP contribution >= 0.6 is 0 Å². The Morgan fingerprint density at radius 2 is 1.88 bits per heavy atom. The number of hydrogen-bond donors (Lipinski definition) is 2. The van der Waals surface area contributed by atoms with E-state index in [2.05, 4.69) is 10.6 Å². The second-order valence-electron chi connectivity index (χ2n) is 6.31. The highest BCUT2D eigenvalue weighted by molar-refractivity contribution is 6.00. The number of ether oxygens (including phenoxy) is 1. The van der Waals surface area contributed by atoms with Gasteiger partial charge in [0, 0.05) is 25.4 Å². The Hall–Kier alpha value is -2.40. The van der Waals surface area contributed by atoms with Crippen molar-refractivity contribution in [3.8, 4) is 0 Å². The van der Waals surface area contributed by atoms with E-state index < -0.39 is 0 Å². The number of rotatable bonds is 9. The van der Waals surface area contributed by atoms with Crippen molar-refractivity contribution in [2.45, 2.75) is 19.3 Å². The molecule has 1 fully saturated rings. The summed E-state index contributed by atoms with van der Waals surface area (Å²) < 4.78 is 18.6. The number of para-hydroxylation sites is 1. The number of amides is 1. The molecule has 0 aromatic heterocycles. The highest BCUT2D eigenvalue weighted by Gasteiger charge is 2.20. The lowest BCUT2D eigenvalue weighted by molar-refractivity contribution is 0.0938. The maximum Gasteiger partial charge on any atom is 0.253 e. The van der Waals surface area contributed by atoms with Crippen LogP contribution in [0.25, 0.3) is 0 Å². The van der Waals surface area contributed by atoms with Gasteiger partial charge >= 0.3 is 0 Å². The highest BCUT2D eigenvalue weighted by atomic mass is 19.1. The molecule has 0 spiro atoms. The van der Waals surface area contributed by atoms with E-state index in [9.17, 15) is 9.18 Å². The molecule has 2 aromatic rings.